The van der Waals surface area contributed by atoms with Gasteiger partial charge in [-0.1, -0.05) is 19.1 Å². The second-order valence-corrected chi connectivity index (χ2v) is 4.36. The van der Waals surface area contributed by atoms with Crippen LogP contribution in [-0.2, 0) is 7.05 Å². The van der Waals surface area contributed by atoms with E-state index in [0.717, 1.165) is 35.6 Å². The fourth-order valence-electron chi connectivity index (χ4n) is 1.87. The molecule has 0 aliphatic rings. The predicted octanol–water partition coefficient (Wildman–Crippen LogP) is 2.77. The maximum Gasteiger partial charge on any atom is 0.124 e. The molecule has 0 unspecified atom stereocenters. The van der Waals surface area contributed by atoms with Gasteiger partial charge in [0.1, 0.15) is 11.6 Å². The molecule has 0 amide bonds. The maximum atomic E-state index is 5.93. The molecule has 1 heterocycles. The van der Waals surface area contributed by atoms with Gasteiger partial charge in [0.05, 0.1) is 12.3 Å². The molecule has 0 bridgehead atoms. The second kappa shape index (κ2) is 5.12. The van der Waals surface area contributed by atoms with Crippen LogP contribution in [0.25, 0.3) is 11.3 Å². The lowest BCUT2D eigenvalue weighted by Crippen LogP contribution is -1.97. The molecule has 96 valence electrons. The van der Waals surface area contributed by atoms with Gasteiger partial charge in [-0.25, -0.2) is 0 Å². The van der Waals surface area contributed by atoms with Crippen molar-refractivity contribution < 1.29 is 4.74 Å². The Labute approximate surface area is 107 Å². The summed E-state index contributed by atoms with van der Waals surface area (Å²) in [6.45, 7) is 4.80. The van der Waals surface area contributed by atoms with Gasteiger partial charge in [0.25, 0.3) is 0 Å². The van der Waals surface area contributed by atoms with Crippen molar-refractivity contribution >= 4 is 5.82 Å². The molecule has 0 aliphatic carbocycles. The summed E-state index contributed by atoms with van der Waals surface area (Å²) >= 11 is 0. The van der Waals surface area contributed by atoms with E-state index in [2.05, 4.69) is 12.0 Å². The number of hydrogen-bond donors (Lipinski definition) is 1. The molecule has 1 aromatic carbocycles. The fraction of sp³-hybridized carbons (Fsp3) is 0.357. The number of aryl methyl sites for hydroxylation is 1. The summed E-state index contributed by atoms with van der Waals surface area (Å²) in [6, 6.07) is 7.96. The average Bonchev–Trinajstić information content (AvgIpc) is 2.64. The van der Waals surface area contributed by atoms with Crippen molar-refractivity contribution in [3.05, 3.63) is 29.8 Å². The third-order valence-electron chi connectivity index (χ3n) is 2.92. The summed E-state index contributed by atoms with van der Waals surface area (Å²) < 4.78 is 7.33. The molecule has 0 spiro atoms. The Morgan fingerprint density at radius 2 is 2.17 bits per heavy atom. The monoisotopic (exact) mass is 245 g/mol. The van der Waals surface area contributed by atoms with Crippen molar-refractivity contribution in [2.45, 2.75) is 20.3 Å². The highest BCUT2D eigenvalue weighted by Gasteiger charge is 2.11. The number of anilines is 1. The standard InChI is InChI=1S/C14H19N3O/c1-4-8-18-12-7-5-6-11(9-12)13-10(2)14(15)17(3)16-13/h5-7,9H,4,8,15H2,1-3H3. The Balaban J connectivity index is 2.35. The highest BCUT2D eigenvalue weighted by molar-refractivity contribution is 5.69. The minimum atomic E-state index is 0.699. The van der Waals surface area contributed by atoms with Crippen LogP contribution in [0.1, 0.15) is 18.9 Å². The first-order valence-electron chi connectivity index (χ1n) is 6.15. The summed E-state index contributed by atoms with van der Waals surface area (Å²) in [5.41, 5.74) is 8.88. The summed E-state index contributed by atoms with van der Waals surface area (Å²) in [5, 5.41) is 4.44. The molecule has 0 fully saturated rings. The van der Waals surface area contributed by atoms with Gasteiger partial charge in [0, 0.05) is 18.2 Å². The van der Waals surface area contributed by atoms with Crippen molar-refractivity contribution in [2.75, 3.05) is 12.3 Å². The van der Waals surface area contributed by atoms with Crippen LogP contribution in [0.15, 0.2) is 24.3 Å². The van der Waals surface area contributed by atoms with Gasteiger partial charge in [0.15, 0.2) is 0 Å². The van der Waals surface area contributed by atoms with E-state index in [1.54, 1.807) is 4.68 Å². The molecule has 18 heavy (non-hydrogen) atoms. The third-order valence-corrected chi connectivity index (χ3v) is 2.92. The summed E-state index contributed by atoms with van der Waals surface area (Å²) in [4.78, 5) is 0. The van der Waals surface area contributed by atoms with E-state index in [9.17, 15) is 0 Å². The molecule has 0 aliphatic heterocycles. The topological polar surface area (TPSA) is 53.1 Å². The van der Waals surface area contributed by atoms with Gasteiger partial charge < -0.3 is 10.5 Å². The minimum Gasteiger partial charge on any atom is -0.494 e. The van der Waals surface area contributed by atoms with E-state index in [4.69, 9.17) is 10.5 Å². The first kappa shape index (κ1) is 12.5. The molecule has 0 atom stereocenters. The fourth-order valence-corrected chi connectivity index (χ4v) is 1.87. The van der Waals surface area contributed by atoms with Crippen LogP contribution in [0, 0.1) is 6.92 Å². The number of nitrogen functional groups attached to an aromatic ring is 1. The predicted molar refractivity (Wildman–Crippen MR) is 73.6 cm³/mol. The summed E-state index contributed by atoms with van der Waals surface area (Å²) in [5.74, 6) is 1.57. The lowest BCUT2D eigenvalue weighted by Gasteiger charge is -2.06. The lowest BCUT2D eigenvalue weighted by molar-refractivity contribution is 0.317. The molecule has 1 aromatic heterocycles. The molecule has 2 N–H and O–H groups in total. The highest BCUT2D eigenvalue weighted by Crippen LogP contribution is 2.28. The molecule has 0 radical (unpaired) electrons. The van der Waals surface area contributed by atoms with Crippen LogP contribution in [0.3, 0.4) is 0 Å². The Hall–Kier alpha value is -1.97. The van der Waals surface area contributed by atoms with E-state index >= 15 is 0 Å². The Bertz CT molecular complexity index is 546. The maximum absolute atomic E-state index is 5.93. The van der Waals surface area contributed by atoms with Crippen LogP contribution < -0.4 is 10.5 Å². The first-order chi connectivity index (χ1) is 8.63. The van der Waals surface area contributed by atoms with E-state index in [1.807, 2.05) is 38.2 Å². The van der Waals surface area contributed by atoms with E-state index in [0.29, 0.717) is 5.82 Å². The van der Waals surface area contributed by atoms with Crippen molar-refractivity contribution in [3.63, 3.8) is 0 Å². The summed E-state index contributed by atoms with van der Waals surface area (Å²) in [6.07, 6.45) is 1.000. The van der Waals surface area contributed by atoms with Gasteiger partial charge in [-0.15, -0.1) is 0 Å². The highest BCUT2D eigenvalue weighted by atomic mass is 16.5. The average molecular weight is 245 g/mol. The molecule has 0 saturated carbocycles. The molecule has 4 nitrogen and oxygen atoms in total. The van der Waals surface area contributed by atoms with Gasteiger partial charge >= 0.3 is 0 Å². The van der Waals surface area contributed by atoms with Crippen molar-refractivity contribution in [3.8, 4) is 17.0 Å². The molecular formula is C14H19N3O. The number of benzene rings is 1. The normalized spacial score (nSPS) is 10.6. The zero-order chi connectivity index (χ0) is 13.1. The summed E-state index contributed by atoms with van der Waals surface area (Å²) in [7, 11) is 1.85. The van der Waals surface area contributed by atoms with Crippen LogP contribution >= 0.6 is 0 Å². The van der Waals surface area contributed by atoms with Crippen LogP contribution in [0.4, 0.5) is 5.82 Å². The number of ether oxygens (including phenoxy) is 1. The second-order valence-electron chi connectivity index (χ2n) is 4.36. The Morgan fingerprint density at radius 1 is 1.39 bits per heavy atom. The molecular weight excluding hydrogens is 226 g/mol. The van der Waals surface area contributed by atoms with Crippen LogP contribution in [0.5, 0.6) is 5.75 Å². The number of aromatic nitrogens is 2. The number of nitrogens with zero attached hydrogens (tertiary/aromatic N) is 2. The minimum absolute atomic E-state index is 0.699. The smallest absolute Gasteiger partial charge is 0.124 e. The quantitative estimate of drug-likeness (QED) is 0.901. The van der Waals surface area contributed by atoms with Gasteiger partial charge in [0.2, 0.25) is 0 Å². The van der Waals surface area contributed by atoms with Crippen LogP contribution in [0.2, 0.25) is 0 Å². The largest absolute Gasteiger partial charge is 0.494 e. The molecule has 2 rings (SSSR count). The Kier molecular flexibility index (Phi) is 3.55. The van der Waals surface area contributed by atoms with Gasteiger partial charge in [-0.2, -0.15) is 5.10 Å². The number of hydrogen-bond acceptors (Lipinski definition) is 3. The number of rotatable bonds is 4. The van der Waals surface area contributed by atoms with Crippen LogP contribution in [-0.4, -0.2) is 16.4 Å². The Morgan fingerprint density at radius 3 is 2.78 bits per heavy atom. The molecule has 2 aromatic rings. The third kappa shape index (κ3) is 2.32. The van der Waals surface area contributed by atoms with Crippen molar-refractivity contribution in [2.24, 2.45) is 7.05 Å². The zero-order valence-corrected chi connectivity index (χ0v) is 11.1. The van der Waals surface area contributed by atoms with Gasteiger partial charge in [-0.05, 0) is 25.5 Å². The zero-order valence-electron chi connectivity index (χ0n) is 11.1. The van der Waals surface area contributed by atoms with Crippen molar-refractivity contribution in [1.29, 1.82) is 0 Å². The first-order valence-corrected chi connectivity index (χ1v) is 6.15. The van der Waals surface area contributed by atoms with Crippen molar-refractivity contribution in [1.82, 2.24) is 9.78 Å². The van der Waals surface area contributed by atoms with E-state index < -0.39 is 0 Å². The number of nitrogens with two attached hydrogens (primary N) is 1. The van der Waals surface area contributed by atoms with E-state index in [-0.39, 0.29) is 0 Å². The lowest BCUT2D eigenvalue weighted by atomic mass is 10.1. The van der Waals surface area contributed by atoms with Gasteiger partial charge in [-0.3, -0.25) is 4.68 Å². The molecule has 4 heteroatoms. The SMILES string of the molecule is CCCOc1cccc(-c2nn(C)c(N)c2C)c1. The molecule has 0 saturated heterocycles. The van der Waals surface area contributed by atoms with E-state index in [1.165, 1.54) is 0 Å².